The summed E-state index contributed by atoms with van der Waals surface area (Å²) in [6.45, 7) is 4.82. The summed E-state index contributed by atoms with van der Waals surface area (Å²) < 4.78 is 14.1. The molecule has 0 radical (unpaired) electrons. The molecule has 1 saturated carbocycles. The van der Waals surface area contributed by atoms with E-state index in [0.717, 1.165) is 17.7 Å². The minimum absolute atomic E-state index is 0.0275. The largest absolute Gasteiger partial charge is 0.310 e. The summed E-state index contributed by atoms with van der Waals surface area (Å²) in [5.41, 5.74) is 1.60. The molecule has 0 heterocycles. The molecule has 2 heteroatoms. The average molecular weight is 221 g/mol. The molecule has 0 aromatic heterocycles. The van der Waals surface area contributed by atoms with Crippen LogP contribution in [0, 0.1) is 18.7 Å². The summed E-state index contributed by atoms with van der Waals surface area (Å²) in [5.74, 6) is 0.594. The highest BCUT2D eigenvalue weighted by Gasteiger charge is 2.29. The minimum atomic E-state index is -0.0275. The smallest absolute Gasteiger partial charge is 0.130 e. The fraction of sp³-hybridized carbons (Fsp3) is 0.571. The highest BCUT2D eigenvalue weighted by molar-refractivity contribution is 5.28. The lowest BCUT2D eigenvalue weighted by atomic mass is 9.77. The molecule has 0 bridgehead atoms. The van der Waals surface area contributed by atoms with Crippen molar-refractivity contribution in [2.24, 2.45) is 5.92 Å². The number of hydrogen-bond donors (Lipinski definition) is 1. The third-order valence-corrected chi connectivity index (χ3v) is 3.60. The average Bonchev–Trinajstić information content (AvgIpc) is 2.19. The van der Waals surface area contributed by atoms with Crippen molar-refractivity contribution >= 4 is 0 Å². The number of nitrogens with one attached hydrogen (secondary N) is 1. The lowest BCUT2D eigenvalue weighted by Gasteiger charge is -2.35. The van der Waals surface area contributed by atoms with Gasteiger partial charge in [-0.2, -0.15) is 0 Å². The van der Waals surface area contributed by atoms with Gasteiger partial charge in [0.25, 0.3) is 0 Å². The van der Waals surface area contributed by atoms with Crippen LogP contribution >= 0.6 is 0 Å². The molecule has 1 unspecified atom stereocenters. The van der Waals surface area contributed by atoms with E-state index in [-0.39, 0.29) is 11.9 Å². The molecule has 0 spiro atoms. The highest BCUT2D eigenvalue weighted by Crippen LogP contribution is 2.38. The van der Waals surface area contributed by atoms with Crippen molar-refractivity contribution in [3.63, 3.8) is 0 Å². The predicted octanol–water partition coefficient (Wildman–Crippen LogP) is 3.58. The fourth-order valence-electron chi connectivity index (χ4n) is 2.43. The van der Waals surface area contributed by atoms with Crippen LogP contribution in [0.4, 0.5) is 4.39 Å². The van der Waals surface area contributed by atoms with Gasteiger partial charge in [0, 0.05) is 11.6 Å². The van der Waals surface area contributed by atoms with Crippen LogP contribution in [-0.2, 0) is 0 Å². The Morgan fingerprint density at radius 1 is 1.44 bits per heavy atom. The zero-order valence-corrected chi connectivity index (χ0v) is 10.1. The van der Waals surface area contributed by atoms with Crippen LogP contribution in [0.15, 0.2) is 18.2 Å². The Bertz CT molecular complexity index is 358. The number of hydrogen-bond acceptors (Lipinski definition) is 1. The molecule has 1 aromatic carbocycles. The first-order valence-corrected chi connectivity index (χ1v) is 6.22. The van der Waals surface area contributed by atoms with Crippen molar-refractivity contribution in [1.29, 1.82) is 0 Å². The molecule has 0 aliphatic heterocycles. The first kappa shape index (κ1) is 11.6. The lowest BCUT2D eigenvalue weighted by Crippen LogP contribution is -2.32. The Hall–Kier alpha value is -0.890. The van der Waals surface area contributed by atoms with E-state index in [9.17, 15) is 4.39 Å². The quantitative estimate of drug-likeness (QED) is 0.819. The second-order valence-corrected chi connectivity index (χ2v) is 4.70. The maximum absolute atomic E-state index is 14.1. The summed E-state index contributed by atoms with van der Waals surface area (Å²) in [5, 5.41) is 3.43. The van der Waals surface area contributed by atoms with E-state index in [0.29, 0.717) is 5.92 Å². The molecule has 0 amide bonds. The molecule has 1 nitrogen and oxygen atoms in total. The first-order chi connectivity index (χ1) is 7.74. The van der Waals surface area contributed by atoms with E-state index in [4.69, 9.17) is 0 Å². The molecule has 1 N–H and O–H groups in total. The number of rotatable bonds is 4. The maximum atomic E-state index is 14.1. The van der Waals surface area contributed by atoms with Crippen molar-refractivity contribution in [3.05, 3.63) is 35.1 Å². The number of halogens is 1. The first-order valence-electron chi connectivity index (χ1n) is 6.22. The Morgan fingerprint density at radius 3 is 2.75 bits per heavy atom. The van der Waals surface area contributed by atoms with Crippen molar-refractivity contribution < 1.29 is 4.39 Å². The van der Waals surface area contributed by atoms with Gasteiger partial charge in [-0.15, -0.1) is 0 Å². The van der Waals surface area contributed by atoms with Gasteiger partial charge in [0.1, 0.15) is 5.82 Å². The minimum Gasteiger partial charge on any atom is -0.310 e. The zero-order chi connectivity index (χ0) is 11.5. The van der Waals surface area contributed by atoms with Gasteiger partial charge < -0.3 is 5.32 Å². The SMILES string of the molecule is CCNC(c1cccc(C)c1F)C1CCC1. The molecule has 1 aliphatic rings. The fourth-order valence-corrected chi connectivity index (χ4v) is 2.43. The summed E-state index contributed by atoms with van der Waals surface area (Å²) >= 11 is 0. The Kier molecular flexibility index (Phi) is 3.59. The third kappa shape index (κ3) is 2.12. The molecule has 1 fully saturated rings. The van der Waals surface area contributed by atoms with Crippen LogP contribution < -0.4 is 5.32 Å². The molecular weight excluding hydrogens is 201 g/mol. The molecule has 1 aliphatic carbocycles. The zero-order valence-electron chi connectivity index (χ0n) is 10.1. The molecule has 88 valence electrons. The van der Waals surface area contributed by atoms with Crippen LogP contribution in [0.25, 0.3) is 0 Å². The van der Waals surface area contributed by atoms with Gasteiger partial charge in [-0.1, -0.05) is 31.5 Å². The standard InChI is InChI=1S/C14H20FN/c1-3-16-14(11-7-5-8-11)12-9-4-6-10(2)13(12)15/h4,6,9,11,14,16H,3,5,7-8H2,1-2H3. The van der Waals surface area contributed by atoms with Crippen molar-refractivity contribution in [1.82, 2.24) is 5.32 Å². The number of aryl methyl sites for hydroxylation is 1. The van der Waals surface area contributed by atoms with Crippen LogP contribution in [0.5, 0.6) is 0 Å². The van der Waals surface area contributed by atoms with Gasteiger partial charge in [-0.05, 0) is 37.8 Å². The van der Waals surface area contributed by atoms with E-state index < -0.39 is 0 Å². The molecule has 0 saturated heterocycles. The van der Waals surface area contributed by atoms with Gasteiger partial charge in [-0.3, -0.25) is 0 Å². The maximum Gasteiger partial charge on any atom is 0.130 e. The van der Waals surface area contributed by atoms with Crippen molar-refractivity contribution in [2.75, 3.05) is 6.54 Å². The molecule has 16 heavy (non-hydrogen) atoms. The van der Waals surface area contributed by atoms with E-state index >= 15 is 0 Å². The lowest BCUT2D eigenvalue weighted by molar-refractivity contribution is 0.229. The van der Waals surface area contributed by atoms with E-state index in [2.05, 4.69) is 12.2 Å². The Morgan fingerprint density at radius 2 is 2.19 bits per heavy atom. The predicted molar refractivity (Wildman–Crippen MR) is 64.9 cm³/mol. The molecule has 1 atom stereocenters. The van der Waals surface area contributed by atoms with Crippen LogP contribution in [0.2, 0.25) is 0 Å². The second kappa shape index (κ2) is 4.96. The van der Waals surface area contributed by atoms with Gasteiger partial charge in [0.15, 0.2) is 0 Å². The number of benzene rings is 1. The van der Waals surface area contributed by atoms with Gasteiger partial charge in [-0.25, -0.2) is 4.39 Å². The second-order valence-electron chi connectivity index (χ2n) is 4.70. The summed E-state index contributed by atoms with van der Waals surface area (Å²) in [6.07, 6.45) is 3.75. The van der Waals surface area contributed by atoms with Crippen LogP contribution in [0.1, 0.15) is 43.4 Å². The molecule has 2 rings (SSSR count). The van der Waals surface area contributed by atoms with Gasteiger partial charge in [0.05, 0.1) is 0 Å². The summed E-state index contributed by atoms with van der Waals surface area (Å²) in [7, 11) is 0. The van der Waals surface area contributed by atoms with Crippen molar-refractivity contribution in [2.45, 2.75) is 39.2 Å². The van der Waals surface area contributed by atoms with E-state index in [1.54, 1.807) is 0 Å². The molecular formula is C14H20FN. The topological polar surface area (TPSA) is 12.0 Å². The van der Waals surface area contributed by atoms with Crippen molar-refractivity contribution in [3.8, 4) is 0 Å². The monoisotopic (exact) mass is 221 g/mol. The highest BCUT2D eigenvalue weighted by atomic mass is 19.1. The summed E-state index contributed by atoms with van der Waals surface area (Å²) in [6, 6.07) is 5.92. The normalized spacial score (nSPS) is 18.2. The molecule has 1 aromatic rings. The van der Waals surface area contributed by atoms with Gasteiger partial charge in [0.2, 0.25) is 0 Å². The Labute approximate surface area is 97.1 Å². The third-order valence-electron chi connectivity index (χ3n) is 3.60. The van der Waals surface area contributed by atoms with E-state index in [1.807, 2.05) is 25.1 Å². The summed E-state index contributed by atoms with van der Waals surface area (Å²) in [4.78, 5) is 0. The Balaban J connectivity index is 2.26. The van der Waals surface area contributed by atoms with Gasteiger partial charge >= 0.3 is 0 Å². The van der Waals surface area contributed by atoms with Crippen LogP contribution in [0.3, 0.4) is 0 Å². The van der Waals surface area contributed by atoms with Crippen LogP contribution in [-0.4, -0.2) is 6.54 Å². The van der Waals surface area contributed by atoms with E-state index in [1.165, 1.54) is 19.3 Å².